The Bertz CT molecular complexity index is 314. The van der Waals surface area contributed by atoms with Crippen LogP contribution in [0.25, 0.3) is 0 Å². The van der Waals surface area contributed by atoms with Crippen molar-refractivity contribution >= 4 is 11.5 Å². The second-order valence-corrected chi connectivity index (χ2v) is 4.37. The summed E-state index contributed by atoms with van der Waals surface area (Å²) in [5.74, 6) is 6.74. The van der Waals surface area contributed by atoms with Crippen molar-refractivity contribution in [3.8, 4) is 0 Å². The number of hydrogen-bond acceptors (Lipinski definition) is 4. The molecule has 1 aromatic heterocycles. The van der Waals surface area contributed by atoms with Crippen molar-refractivity contribution < 1.29 is 0 Å². The van der Waals surface area contributed by atoms with Gasteiger partial charge in [0, 0.05) is 24.0 Å². The van der Waals surface area contributed by atoms with Crippen LogP contribution in [0.15, 0.2) is 18.3 Å². The summed E-state index contributed by atoms with van der Waals surface area (Å²) in [7, 11) is 0. The molecule has 0 saturated heterocycles. The molecule has 16 heavy (non-hydrogen) atoms. The van der Waals surface area contributed by atoms with Gasteiger partial charge in [-0.25, -0.2) is 10.8 Å². The van der Waals surface area contributed by atoms with Gasteiger partial charge in [0.05, 0.1) is 0 Å². The molecule has 4 N–H and O–H groups in total. The van der Waals surface area contributed by atoms with Crippen LogP contribution in [0.1, 0.15) is 33.6 Å². The fourth-order valence-corrected chi connectivity index (χ4v) is 1.71. The van der Waals surface area contributed by atoms with Crippen LogP contribution in [0.2, 0.25) is 0 Å². The summed E-state index contributed by atoms with van der Waals surface area (Å²) in [5, 5.41) is 3.45. The highest BCUT2D eigenvalue weighted by Gasteiger charge is 2.07. The monoisotopic (exact) mass is 222 g/mol. The first kappa shape index (κ1) is 12.8. The largest absolute Gasteiger partial charge is 0.382 e. The number of aromatic nitrogens is 1. The van der Waals surface area contributed by atoms with Gasteiger partial charge in [-0.2, -0.15) is 0 Å². The maximum atomic E-state index is 5.31. The van der Waals surface area contributed by atoms with Crippen molar-refractivity contribution in [1.29, 1.82) is 0 Å². The van der Waals surface area contributed by atoms with Crippen molar-refractivity contribution in [2.45, 2.75) is 39.7 Å². The molecule has 4 nitrogen and oxygen atoms in total. The molecule has 1 aromatic rings. The number of rotatable bonds is 6. The van der Waals surface area contributed by atoms with Gasteiger partial charge in [0.25, 0.3) is 0 Å². The number of nitrogens with zero attached hydrogens (tertiary/aromatic N) is 1. The Morgan fingerprint density at radius 3 is 2.81 bits per heavy atom. The van der Waals surface area contributed by atoms with E-state index < -0.39 is 0 Å². The summed E-state index contributed by atoms with van der Waals surface area (Å²) in [4.78, 5) is 4.07. The minimum atomic E-state index is 0.461. The second kappa shape index (κ2) is 6.33. The van der Waals surface area contributed by atoms with Gasteiger partial charge in [0.15, 0.2) is 0 Å². The number of hydrazine groups is 1. The molecule has 2 unspecified atom stereocenters. The predicted octanol–water partition coefficient (Wildman–Crippen LogP) is 2.60. The SMILES string of the molecule is CCC(C)CC(C)Nc1ccnc(NN)c1. The zero-order chi connectivity index (χ0) is 12.0. The Morgan fingerprint density at radius 1 is 1.44 bits per heavy atom. The fourth-order valence-electron chi connectivity index (χ4n) is 1.71. The third-order valence-electron chi connectivity index (χ3n) is 2.77. The van der Waals surface area contributed by atoms with Gasteiger partial charge in [-0.3, -0.25) is 0 Å². The molecule has 0 radical (unpaired) electrons. The summed E-state index contributed by atoms with van der Waals surface area (Å²) in [6, 6.07) is 4.32. The average molecular weight is 222 g/mol. The van der Waals surface area contributed by atoms with Crippen molar-refractivity contribution in [3.05, 3.63) is 18.3 Å². The van der Waals surface area contributed by atoms with E-state index in [9.17, 15) is 0 Å². The lowest BCUT2D eigenvalue weighted by Crippen LogP contribution is -2.18. The van der Waals surface area contributed by atoms with Crippen LogP contribution in [-0.4, -0.2) is 11.0 Å². The van der Waals surface area contributed by atoms with Crippen LogP contribution >= 0.6 is 0 Å². The normalized spacial score (nSPS) is 14.2. The zero-order valence-electron chi connectivity index (χ0n) is 10.3. The van der Waals surface area contributed by atoms with Crippen LogP contribution in [0.3, 0.4) is 0 Å². The van der Waals surface area contributed by atoms with E-state index >= 15 is 0 Å². The topological polar surface area (TPSA) is 63.0 Å². The van der Waals surface area contributed by atoms with E-state index in [4.69, 9.17) is 5.84 Å². The molecule has 0 aromatic carbocycles. The third kappa shape index (κ3) is 4.06. The van der Waals surface area contributed by atoms with Gasteiger partial charge in [-0.1, -0.05) is 20.3 Å². The summed E-state index contributed by atoms with van der Waals surface area (Å²) >= 11 is 0. The molecular weight excluding hydrogens is 200 g/mol. The van der Waals surface area contributed by atoms with Crippen LogP contribution < -0.4 is 16.6 Å². The van der Waals surface area contributed by atoms with Crippen LogP contribution in [0.4, 0.5) is 11.5 Å². The van der Waals surface area contributed by atoms with Crippen LogP contribution in [-0.2, 0) is 0 Å². The number of hydrogen-bond donors (Lipinski definition) is 3. The summed E-state index contributed by atoms with van der Waals surface area (Å²) in [6.45, 7) is 6.69. The number of nitrogens with one attached hydrogen (secondary N) is 2. The molecule has 0 amide bonds. The number of anilines is 2. The van der Waals surface area contributed by atoms with Gasteiger partial charge in [0.2, 0.25) is 0 Å². The highest BCUT2D eigenvalue weighted by molar-refractivity contribution is 5.51. The molecule has 2 atom stereocenters. The van der Waals surface area contributed by atoms with Gasteiger partial charge in [-0.05, 0) is 25.3 Å². The highest BCUT2D eigenvalue weighted by Crippen LogP contribution is 2.16. The van der Waals surface area contributed by atoms with Crippen LogP contribution in [0, 0.1) is 5.92 Å². The van der Waals surface area contributed by atoms with E-state index in [1.54, 1.807) is 6.20 Å². The van der Waals surface area contributed by atoms with Crippen molar-refractivity contribution in [2.75, 3.05) is 10.7 Å². The molecule has 0 saturated carbocycles. The molecule has 0 fully saturated rings. The first-order chi connectivity index (χ1) is 7.65. The summed E-state index contributed by atoms with van der Waals surface area (Å²) in [6.07, 6.45) is 4.13. The smallest absolute Gasteiger partial charge is 0.141 e. The first-order valence-corrected chi connectivity index (χ1v) is 5.85. The Balaban J connectivity index is 2.51. The van der Waals surface area contributed by atoms with Gasteiger partial charge in [0.1, 0.15) is 5.82 Å². The summed E-state index contributed by atoms with van der Waals surface area (Å²) in [5.41, 5.74) is 3.60. The molecular formula is C12H22N4. The molecule has 0 aliphatic rings. The Morgan fingerprint density at radius 2 is 2.19 bits per heavy atom. The standard InChI is InChI=1S/C12H22N4/c1-4-9(2)7-10(3)15-11-5-6-14-12(8-11)16-13/h5-6,8-10H,4,7,13H2,1-3H3,(H2,14,15,16). The van der Waals surface area contributed by atoms with Crippen molar-refractivity contribution in [1.82, 2.24) is 4.98 Å². The molecule has 4 heteroatoms. The van der Waals surface area contributed by atoms with Gasteiger partial charge >= 0.3 is 0 Å². The molecule has 0 aliphatic heterocycles. The Labute approximate surface area is 97.6 Å². The van der Waals surface area contributed by atoms with Crippen molar-refractivity contribution in [2.24, 2.45) is 11.8 Å². The maximum Gasteiger partial charge on any atom is 0.141 e. The maximum absolute atomic E-state index is 5.31. The van der Waals surface area contributed by atoms with E-state index in [0.717, 1.165) is 11.6 Å². The molecule has 0 spiro atoms. The lowest BCUT2D eigenvalue weighted by molar-refractivity contribution is 0.484. The first-order valence-electron chi connectivity index (χ1n) is 5.85. The lowest BCUT2D eigenvalue weighted by Gasteiger charge is -2.18. The average Bonchev–Trinajstić information content (AvgIpc) is 2.28. The third-order valence-corrected chi connectivity index (χ3v) is 2.77. The number of nitrogen functional groups attached to an aromatic ring is 1. The van der Waals surface area contributed by atoms with Crippen molar-refractivity contribution in [3.63, 3.8) is 0 Å². The molecule has 1 heterocycles. The minimum Gasteiger partial charge on any atom is -0.382 e. The van der Waals surface area contributed by atoms with Gasteiger partial charge in [-0.15, -0.1) is 0 Å². The second-order valence-electron chi connectivity index (χ2n) is 4.37. The van der Waals surface area contributed by atoms with E-state index in [1.807, 2.05) is 12.1 Å². The molecule has 0 bridgehead atoms. The Hall–Kier alpha value is -1.29. The molecule has 0 aliphatic carbocycles. The van der Waals surface area contributed by atoms with E-state index in [0.29, 0.717) is 11.9 Å². The van der Waals surface area contributed by atoms with Crippen LogP contribution in [0.5, 0.6) is 0 Å². The zero-order valence-corrected chi connectivity index (χ0v) is 10.3. The van der Waals surface area contributed by atoms with E-state index in [1.165, 1.54) is 12.8 Å². The fraction of sp³-hybridized carbons (Fsp3) is 0.583. The van der Waals surface area contributed by atoms with E-state index in [2.05, 4.69) is 36.5 Å². The predicted molar refractivity (Wildman–Crippen MR) is 69.2 cm³/mol. The minimum absolute atomic E-state index is 0.461. The summed E-state index contributed by atoms with van der Waals surface area (Å²) < 4.78 is 0. The van der Waals surface area contributed by atoms with E-state index in [-0.39, 0.29) is 0 Å². The quantitative estimate of drug-likeness (QED) is 0.511. The Kier molecular flexibility index (Phi) is 5.05. The van der Waals surface area contributed by atoms with Gasteiger partial charge < -0.3 is 10.7 Å². The molecule has 90 valence electrons. The number of nitrogens with two attached hydrogens (primary N) is 1. The molecule has 1 rings (SSSR count). The lowest BCUT2D eigenvalue weighted by atomic mass is 10.0. The number of pyridine rings is 1. The highest BCUT2D eigenvalue weighted by atomic mass is 15.2.